The molecule has 2 N–H and O–H groups in total. The molecule has 1 aromatic carbocycles. The molecule has 0 fully saturated rings. The van der Waals surface area contributed by atoms with Gasteiger partial charge in [-0.2, -0.15) is 0 Å². The minimum absolute atomic E-state index is 0.0419. The Morgan fingerprint density at radius 1 is 1.24 bits per heavy atom. The summed E-state index contributed by atoms with van der Waals surface area (Å²) in [5.41, 5.74) is 2.12. The van der Waals surface area contributed by atoms with Crippen LogP contribution in [0.2, 0.25) is 0 Å². The first-order chi connectivity index (χ1) is 10.3. The largest absolute Gasteiger partial charge is 0.395 e. The number of benzene rings is 1. The number of aromatic nitrogens is 3. The highest BCUT2D eigenvalue weighted by Gasteiger charge is 2.09. The van der Waals surface area contributed by atoms with Gasteiger partial charge < -0.3 is 10.0 Å². The first-order valence-electron chi connectivity index (χ1n) is 6.75. The highest BCUT2D eigenvalue weighted by Crippen LogP contribution is 2.15. The van der Waals surface area contributed by atoms with Crippen LogP contribution in [0.1, 0.15) is 5.69 Å². The summed E-state index contributed by atoms with van der Waals surface area (Å²) in [6.07, 6.45) is 1.68. The molecule has 21 heavy (non-hydrogen) atoms. The number of aromatic amines is 1. The van der Waals surface area contributed by atoms with Gasteiger partial charge in [0.1, 0.15) is 0 Å². The second kappa shape index (κ2) is 5.80. The zero-order valence-electron chi connectivity index (χ0n) is 11.4. The minimum atomic E-state index is -0.142. The number of hydrogen-bond acceptors (Lipinski definition) is 4. The SMILES string of the molecule is O=c1cc(CN(CCO)c2ccccc2)nc2cc[nH]n12. The maximum Gasteiger partial charge on any atom is 0.272 e. The Labute approximate surface area is 121 Å². The Morgan fingerprint density at radius 3 is 2.81 bits per heavy atom. The standard InChI is InChI=1S/C15H16N4O2/c20-9-8-18(13-4-2-1-3-5-13)11-12-10-15(21)19-14(17-12)6-7-16-19/h1-7,10,16,20H,8-9,11H2. The molecule has 0 atom stereocenters. The summed E-state index contributed by atoms with van der Waals surface area (Å²) in [6, 6.07) is 13.0. The first-order valence-corrected chi connectivity index (χ1v) is 6.75. The smallest absolute Gasteiger partial charge is 0.272 e. The number of rotatable bonds is 5. The third kappa shape index (κ3) is 2.80. The van der Waals surface area contributed by atoms with Crippen molar-refractivity contribution in [1.82, 2.24) is 14.6 Å². The van der Waals surface area contributed by atoms with Crippen molar-refractivity contribution < 1.29 is 5.11 Å². The van der Waals surface area contributed by atoms with Crippen LogP contribution in [0, 0.1) is 0 Å². The molecule has 6 heteroatoms. The zero-order chi connectivity index (χ0) is 14.7. The normalized spacial score (nSPS) is 10.9. The van der Waals surface area contributed by atoms with E-state index in [-0.39, 0.29) is 12.2 Å². The molecule has 2 aromatic heterocycles. The van der Waals surface area contributed by atoms with E-state index in [2.05, 4.69) is 10.1 Å². The van der Waals surface area contributed by atoms with Gasteiger partial charge in [-0.05, 0) is 12.1 Å². The molecule has 0 amide bonds. The van der Waals surface area contributed by atoms with Gasteiger partial charge in [-0.15, -0.1) is 0 Å². The van der Waals surface area contributed by atoms with Crippen molar-refractivity contribution in [1.29, 1.82) is 0 Å². The van der Waals surface area contributed by atoms with Crippen LogP contribution in [-0.4, -0.2) is 32.9 Å². The molecule has 0 bridgehead atoms. The molecular formula is C15H16N4O2. The molecule has 0 aliphatic carbocycles. The Balaban J connectivity index is 1.92. The van der Waals surface area contributed by atoms with E-state index >= 15 is 0 Å². The Kier molecular flexibility index (Phi) is 3.70. The summed E-state index contributed by atoms with van der Waals surface area (Å²) in [5.74, 6) is 0. The van der Waals surface area contributed by atoms with Crippen LogP contribution in [0.3, 0.4) is 0 Å². The quantitative estimate of drug-likeness (QED) is 0.733. The van der Waals surface area contributed by atoms with Crippen molar-refractivity contribution in [2.45, 2.75) is 6.54 Å². The average molecular weight is 284 g/mol. The monoisotopic (exact) mass is 284 g/mol. The summed E-state index contributed by atoms with van der Waals surface area (Å²) in [6.45, 7) is 1.000. The number of para-hydroxylation sites is 1. The molecular weight excluding hydrogens is 268 g/mol. The van der Waals surface area contributed by atoms with E-state index in [0.717, 1.165) is 5.69 Å². The van der Waals surface area contributed by atoms with Crippen molar-refractivity contribution in [3.63, 3.8) is 0 Å². The third-order valence-electron chi connectivity index (χ3n) is 3.28. The molecule has 0 radical (unpaired) electrons. The Hall–Kier alpha value is -2.60. The highest BCUT2D eigenvalue weighted by atomic mass is 16.3. The van der Waals surface area contributed by atoms with E-state index in [1.54, 1.807) is 12.3 Å². The molecule has 0 unspecified atom stereocenters. The summed E-state index contributed by atoms with van der Waals surface area (Å²) in [7, 11) is 0. The summed E-state index contributed by atoms with van der Waals surface area (Å²) in [4.78, 5) is 18.4. The number of anilines is 1. The van der Waals surface area contributed by atoms with Crippen LogP contribution >= 0.6 is 0 Å². The lowest BCUT2D eigenvalue weighted by Crippen LogP contribution is -2.28. The molecule has 2 heterocycles. The van der Waals surface area contributed by atoms with E-state index < -0.39 is 0 Å². The van der Waals surface area contributed by atoms with Crippen LogP contribution in [0.25, 0.3) is 5.65 Å². The predicted molar refractivity (Wildman–Crippen MR) is 80.4 cm³/mol. The lowest BCUT2D eigenvalue weighted by molar-refractivity contribution is 0.301. The van der Waals surface area contributed by atoms with Crippen molar-refractivity contribution in [3.05, 3.63) is 64.7 Å². The van der Waals surface area contributed by atoms with E-state index in [0.29, 0.717) is 24.4 Å². The molecule has 108 valence electrons. The van der Waals surface area contributed by atoms with Crippen molar-refractivity contribution >= 4 is 11.3 Å². The first kappa shape index (κ1) is 13.4. The Bertz CT molecular complexity index is 779. The van der Waals surface area contributed by atoms with Crippen LogP contribution < -0.4 is 10.5 Å². The minimum Gasteiger partial charge on any atom is -0.395 e. The molecule has 6 nitrogen and oxygen atoms in total. The van der Waals surface area contributed by atoms with E-state index in [4.69, 9.17) is 0 Å². The van der Waals surface area contributed by atoms with Gasteiger partial charge in [0.25, 0.3) is 5.56 Å². The fourth-order valence-corrected chi connectivity index (χ4v) is 2.31. The van der Waals surface area contributed by atoms with Crippen molar-refractivity contribution in [3.8, 4) is 0 Å². The van der Waals surface area contributed by atoms with Crippen molar-refractivity contribution in [2.75, 3.05) is 18.1 Å². The van der Waals surface area contributed by atoms with Gasteiger partial charge in [0.05, 0.1) is 18.8 Å². The molecule has 3 rings (SSSR count). The number of hydrogen-bond donors (Lipinski definition) is 2. The van der Waals surface area contributed by atoms with Gasteiger partial charge in [-0.25, -0.2) is 9.50 Å². The lowest BCUT2D eigenvalue weighted by Gasteiger charge is -2.23. The van der Waals surface area contributed by atoms with Gasteiger partial charge in [0, 0.05) is 30.6 Å². The Morgan fingerprint density at radius 2 is 2.05 bits per heavy atom. The number of aliphatic hydroxyl groups is 1. The van der Waals surface area contributed by atoms with Gasteiger partial charge in [0.15, 0.2) is 5.65 Å². The molecule has 0 spiro atoms. The molecule has 0 aliphatic heterocycles. The van der Waals surface area contributed by atoms with Gasteiger partial charge in [-0.3, -0.25) is 9.89 Å². The molecule has 0 saturated heterocycles. The summed E-state index contributed by atoms with van der Waals surface area (Å²) < 4.78 is 1.39. The van der Waals surface area contributed by atoms with Crippen LogP contribution in [-0.2, 0) is 6.54 Å². The lowest BCUT2D eigenvalue weighted by atomic mass is 10.2. The average Bonchev–Trinajstić information content (AvgIpc) is 2.97. The number of aliphatic hydroxyl groups excluding tert-OH is 1. The second-order valence-electron chi connectivity index (χ2n) is 4.72. The fourth-order valence-electron chi connectivity index (χ4n) is 2.31. The van der Waals surface area contributed by atoms with E-state index in [9.17, 15) is 9.90 Å². The highest BCUT2D eigenvalue weighted by molar-refractivity contribution is 5.46. The molecule has 0 aliphatic rings. The topological polar surface area (TPSA) is 73.6 Å². The van der Waals surface area contributed by atoms with Gasteiger partial charge >= 0.3 is 0 Å². The maximum atomic E-state index is 12.0. The van der Waals surface area contributed by atoms with Crippen LogP contribution in [0.4, 0.5) is 5.69 Å². The molecule has 3 aromatic rings. The van der Waals surface area contributed by atoms with Crippen LogP contribution in [0.15, 0.2) is 53.5 Å². The summed E-state index contributed by atoms with van der Waals surface area (Å²) >= 11 is 0. The second-order valence-corrected chi connectivity index (χ2v) is 4.72. The van der Waals surface area contributed by atoms with E-state index in [1.165, 1.54) is 10.6 Å². The number of nitrogens with zero attached hydrogens (tertiary/aromatic N) is 3. The maximum absolute atomic E-state index is 12.0. The number of fused-ring (bicyclic) bond motifs is 1. The van der Waals surface area contributed by atoms with Gasteiger partial charge in [0.2, 0.25) is 0 Å². The van der Waals surface area contributed by atoms with Crippen molar-refractivity contribution in [2.24, 2.45) is 0 Å². The van der Waals surface area contributed by atoms with Gasteiger partial charge in [-0.1, -0.05) is 18.2 Å². The molecule has 0 saturated carbocycles. The predicted octanol–water partition coefficient (Wildman–Crippen LogP) is 1.02. The third-order valence-corrected chi connectivity index (χ3v) is 3.28. The fraction of sp³-hybridized carbons (Fsp3) is 0.200. The number of H-pyrrole nitrogens is 1. The zero-order valence-corrected chi connectivity index (χ0v) is 11.4. The van der Waals surface area contributed by atoms with Crippen LogP contribution in [0.5, 0.6) is 0 Å². The van der Waals surface area contributed by atoms with E-state index in [1.807, 2.05) is 35.2 Å². The summed E-state index contributed by atoms with van der Waals surface area (Å²) in [5, 5.41) is 12.0. The number of nitrogens with one attached hydrogen (secondary N) is 1.